The summed E-state index contributed by atoms with van der Waals surface area (Å²) in [6.45, 7) is 9.41. The molecule has 12 heteroatoms. The van der Waals surface area contributed by atoms with E-state index in [-0.39, 0.29) is 18.4 Å². The Balaban J connectivity index is 1.62. The molecule has 0 spiro atoms. The summed E-state index contributed by atoms with van der Waals surface area (Å²) in [5, 5.41) is 22.9. The quantitative estimate of drug-likeness (QED) is 0.298. The van der Waals surface area contributed by atoms with Gasteiger partial charge < -0.3 is 9.73 Å². The van der Waals surface area contributed by atoms with Gasteiger partial charge in [0, 0.05) is 11.2 Å². The molecule has 40 heavy (non-hydrogen) atoms. The van der Waals surface area contributed by atoms with Crippen LogP contribution in [0.3, 0.4) is 0 Å². The van der Waals surface area contributed by atoms with Crippen LogP contribution in [0.25, 0.3) is 16.7 Å². The van der Waals surface area contributed by atoms with Gasteiger partial charge in [0.05, 0.1) is 11.2 Å². The molecule has 0 aliphatic rings. The minimum Gasteiger partial charge on any atom is -0.464 e. The fourth-order valence-corrected chi connectivity index (χ4v) is 4.46. The Morgan fingerprint density at radius 1 is 1.07 bits per heavy atom. The van der Waals surface area contributed by atoms with Crippen molar-refractivity contribution in [3.8, 4) is 5.69 Å². The smallest absolute Gasteiger partial charge is 0.251 e. The van der Waals surface area contributed by atoms with Gasteiger partial charge in [-0.25, -0.2) is 9.36 Å². The van der Waals surface area contributed by atoms with Crippen molar-refractivity contribution in [3.05, 3.63) is 78.0 Å². The molecule has 0 radical (unpaired) electrons. The largest absolute Gasteiger partial charge is 0.464 e. The second-order valence-electron chi connectivity index (χ2n) is 10.3. The number of hydrogen-bond donors (Lipinski definition) is 1. The first kappa shape index (κ1) is 26.7. The number of amides is 2. The Bertz CT molecular complexity index is 1650. The second-order valence-corrected chi connectivity index (χ2v) is 10.3. The van der Waals surface area contributed by atoms with Crippen LogP contribution < -0.4 is 10.2 Å². The zero-order chi connectivity index (χ0) is 28.4. The van der Waals surface area contributed by atoms with E-state index in [9.17, 15) is 9.59 Å². The number of hydrogen-bond acceptors (Lipinski definition) is 8. The number of aromatic nitrogens is 7. The lowest BCUT2D eigenvalue weighted by molar-refractivity contribution is -0.128. The molecule has 2 amide bonds. The molecule has 0 unspecified atom stereocenters. The fraction of sp³-hybridized carbons (Fsp3) is 0.321. The van der Waals surface area contributed by atoms with E-state index in [1.807, 2.05) is 64.1 Å². The van der Waals surface area contributed by atoms with Crippen LogP contribution in [0.15, 0.2) is 65.3 Å². The van der Waals surface area contributed by atoms with Gasteiger partial charge in [0.2, 0.25) is 5.91 Å². The van der Waals surface area contributed by atoms with E-state index in [4.69, 9.17) is 4.42 Å². The monoisotopic (exact) mass is 541 g/mol. The minimum atomic E-state index is -1.08. The maximum absolute atomic E-state index is 14.2. The third-order valence-corrected chi connectivity index (χ3v) is 6.91. The highest BCUT2D eigenvalue weighted by molar-refractivity contribution is 6.01. The highest BCUT2D eigenvalue weighted by atomic mass is 16.3. The summed E-state index contributed by atoms with van der Waals surface area (Å²) >= 11 is 0. The van der Waals surface area contributed by atoms with Crippen molar-refractivity contribution >= 4 is 28.5 Å². The van der Waals surface area contributed by atoms with E-state index in [2.05, 4.69) is 31.2 Å². The molecule has 206 valence electrons. The van der Waals surface area contributed by atoms with Crippen molar-refractivity contribution < 1.29 is 14.0 Å². The van der Waals surface area contributed by atoms with Crippen molar-refractivity contribution in [1.82, 2.24) is 40.5 Å². The molecule has 1 atom stereocenters. The number of para-hydroxylation sites is 1. The van der Waals surface area contributed by atoms with Gasteiger partial charge in [0.1, 0.15) is 29.9 Å². The molecule has 2 aromatic carbocycles. The van der Waals surface area contributed by atoms with Gasteiger partial charge in [-0.05, 0) is 92.6 Å². The SMILES string of the molecule is CCC(C)(C)NC(=O)[C@H](c1ccc(C)o1)N(C(=O)Cn1nnc2ccccc21)c1ccc(-n2cnnn2)c(C)c1. The molecule has 5 aromatic rings. The van der Waals surface area contributed by atoms with Crippen LogP contribution in [-0.4, -0.2) is 52.6 Å². The summed E-state index contributed by atoms with van der Waals surface area (Å²) in [6, 6.07) is 15.2. The Hall–Kier alpha value is -4.87. The highest BCUT2D eigenvalue weighted by Gasteiger charge is 2.37. The van der Waals surface area contributed by atoms with Crippen LogP contribution in [0.2, 0.25) is 0 Å². The lowest BCUT2D eigenvalue weighted by Gasteiger charge is -2.33. The number of tetrazole rings is 1. The Morgan fingerprint density at radius 3 is 2.55 bits per heavy atom. The van der Waals surface area contributed by atoms with Crippen LogP contribution >= 0.6 is 0 Å². The molecular weight excluding hydrogens is 510 g/mol. The molecule has 5 rings (SSSR count). The van der Waals surface area contributed by atoms with E-state index < -0.39 is 11.6 Å². The molecule has 1 N–H and O–H groups in total. The number of furan rings is 1. The van der Waals surface area contributed by atoms with Gasteiger partial charge in [0.15, 0.2) is 6.04 Å². The van der Waals surface area contributed by atoms with Crippen molar-refractivity contribution in [2.24, 2.45) is 0 Å². The molecule has 3 heterocycles. The predicted molar refractivity (Wildman–Crippen MR) is 148 cm³/mol. The molecule has 3 aromatic heterocycles. The summed E-state index contributed by atoms with van der Waals surface area (Å²) in [5.41, 5.74) is 2.93. The van der Waals surface area contributed by atoms with Crippen molar-refractivity contribution in [3.63, 3.8) is 0 Å². The van der Waals surface area contributed by atoms with Crippen molar-refractivity contribution in [1.29, 1.82) is 0 Å². The Kier molecular flexibility index (Phi) is 7.16. The summed E-state index contributed by atoms with van der Waals surface area (Å²) in [7, 11) is 0. The molecule has 0 saturated carbocycles. The number of carbonyl (C=O) groups is 2. The standard InChI is InChI=1S/C28H31N9O3/c1-6-28(4,5)30-27(39)26(24-14-11-19(3)40-24)37(20-12-13-22(18(2)15-20)36-17-29-32-34-36)25(38)16-35-23-10-8-7-9-21(23)31-33-35/h7-15,17,26H,6,16H2,1-5H3,(H,30,39)/t26-/m0/s1. The number of anilines is 1. The maximum atomic E-state index is 14.2. The topological polar surface area (TPSA) is 137 Å². The molecule has 0 bridgehead atoms. The molecule has 0 saturated heterocycles. The molecule has 0 fully saturated rings. The van der Waals surface area contributed by atoms with Gasteiger partial charge in [-0.3, -0.25) is 14.5 Å². The van der Waals surface area contributed by atoms with Gasteiger partial charge in [-0.15, -0.1) is 10.2 Å². The average Bonchev–Trinajstić information content (AvgIpc) is 3.69. The van der Waals surface area contributed by atoms with Crippen LogP contribution in [0.1, 0.15) is 50.3 Å². The maximum Gasteiger partial charge on any atom is 0.251 e. The number of carbonyl (C=O) groups excluding carboxylic acids is 2. The predicted octanol–water partition coefficient (Wildman–Crippen LogP) is 3.70. The molecule has 12 nitrogen and oxygen atoms in total. The zero-order valence-electron chi connectivity index (χ0n) is 23.1. The number of rotatable bonds is 9. The molecule has 0 aliphatic heterocycles. The third-order valence-electron chi connectivity index (χ3n) is 6.91. The fourth-order valence-electron chi connectivity index (χ4n) is 4.46. The third kappa shape index (κ3) is 5.33. The zero-order valence-corrected chi connectivity index (χ0v) is 23.1. The van der Waals surface area contributed by atoms with Gasteiger partial charge in [-0.1, -0.05) is 24.3 Å². The summed E-state index contributed by atoms with van der Waals surface area (Å²) in [6.07, 6.45) is 2.19. The van der Waals surface area contributed by atoms with Crippen LogP contribution in [0.5, 0.6) is 0 Å². The van der Waals surface area contributed by atoms with Gasteiger partial charge in [-0.2, -0.15) is 0 Å². The number of benzene rings is 2. The number of nitrogens with zero attached hydrogens (tertiary/aromatic N) is 8. The van der Waals surface area contributed by atoms with Crippen LogP contribution in [0, 0.1) is 13.8 Å². The van der Waals surface area contributed by atoms with E-state index in [0.29, 0.717) is 34.7 Å². The normalized spacial score (nSPS) is 12.4. The van der Waals surface area contributed by atoms with E-state index in [0.717, 1.165) is 11.3 Å². The van der Waals surface area contributed by atoms with Gasteiger partial charge >= 0.3 is 0 Å². The number of fused-ring (bicyclic) bond motifs is 1. The van der Waals surface area contributed by atoms with E-state index in [1.165, 1.54) is 20.6 Å². The summed E-state index contributed by atoms with van der Waals surface area (Å²) in [5.74, 6) is 0.247. The van der Waals surface area contributed by atoms with E-state index >= 15 is 0 Å². The first-order chi connectivity index (χ1) is 19.2. The summed E-state index contributed by atoms with van der Waals surface area (Å²) in [4.78, 5) is 29.7. The Labute approximate surface area is 231 Å². The lowest BCUT2D eigenvalue weighted by atomic mass is 10.0. The first-order valence-corrected chi connectivity index (χ1v) is 13.0. The number of aryl methyl sites for hydroxylation is 2. The van der Waals surface area contributed by atoms with Gasteiger partial charge in [0.25, 0.3) is 5.91 Å². The highest BCUT2D eigenvalue weighted by Crippen LogP contribution is 2.32. The second kappa shape index (κ2) is 10.7. The van der Waals surface area contributed by atoms with Crippen LogP contribution in [-0.2, 0) is 16.1 Å². The van der Waals surface area contributed by atoms with Crippen molar-refractivity contribution in [2.75, 3.05) is 4.90 Å². The summed E-state index contributed by atoms with van der Waals surface area (Å²) < 4.78 is 9.04. The Morgan fingerprint density at radius 2 is 1.88 bits per heavy atom. The lowest BCUT2D eigenvalue weighted by Crippen LogP contribution is -2.51. The molecular formula is C28H31N9O3. The van der Waals surface area contributed by atoms with E-state index in [1.54, 1.807) is 25.1 Å². The minimum absolute atomic E-state index is 0.144. The average molecular weight is 542 g/mol. The first-order valence-electron chi connectivity index (χ1n) is 13.0. The van der Waals surface area contributed by atoms with Crippen LogP contribution in [0.4, 0.5) is 5.69 Å². The molecule has 0 aliphatic carbocycles. The van der Waals surface area contributed by atoms with Crippen molar-refractivity contribution in [2.45, 2.75) is 59.2 Å². The number of nitrogens with one attached hydrogen (secondary N) is 1.